The van der Waals surface area contributed by atoms with Gasteiger partial charge >= 0.3 is 0 Å². The van der Waals surface area contributed by atoms with Crippen molar-refractivity contribution in [3.05, 3.63) is 52.2 Å². The molecule has 0 bridgehead atoms. The van der Waals surface area contributed by atoms with Crippen LogP contribution in [0.3, 0.4) is 0 Å². The summed E-state index contributed by atoms with van der Waals surface area (Å²) in [5.74, 6) is 0. The van der Waals surface area contributed by atoms with Gasteiger partial charge in [-0.2, -0.15) is 0 Å². The summed E-state index contributed by atoms with van der Waals surface area (Å²) >= 11 is 0. The summed E-state index contributed by atoms with van der Waals surface area (Å²) < 4.78 is 0. The molecule has 25 heavy (non-hydrogen) atoms. The molecule has 0 aliphatic heterocycles. The van der Waals surface area contributed by atoms with Gasteiger partial charge in [0, 0.05) is 11.4 Å². The van der Waals surface area contributed by atoms with Gasteiger partial charge in [0.15, 0.2) is 0 Å². The standard InChI is InChI=1S/C24H33N/c1-16(2)18(4)19(5)25-20-13-17(3)22-21(14-20)23(9-7-6-8-10-23)15-24(22)11-12-24/h13-14,25H,5-12,15H2,1-4H3. The Labute approximate surface area is 153 Å². The maximum absolute atomic E-state index is 4.27. The highest BCUT2D eigenvalue weighted by molar-refractivity contribution is 5.64. The predicted molar refractivity (Wildman–Crippen MR) is 108 cm³/mol. The van der Waals surface area contributed by atoms with E-state index in [2.05, 4.69) is 51.7 Å². The van der Waals surface area contributed by atoms with E-state index in [0.29, 0.717) is 10.8 Å². The Bertz CT molecular complexity index is 751. The van der Waals surface area contributed by atoms with Gasteiger partial charge in [-0.15, -0.1) is 0 Å². The van der Waals surface area contributed by atoms with Crippen molar-refractivity contribution < 1.29 is 0 Å². The minimum atomic E-state index is 0.472. The molecule has 4 rings (SSSR count). The van der Waals surface area contributed by atoms with E-state index in [1.54, 1.807) is 11.1 Å². The molecule has 134 valence electrons. The number of fused-ring (bicyclic) bond motifs is 3. The van der Waals surface area contributed by atoms with E-state index in [9.17, 15) is 0 Å². The van der Waals surface area contributed by atoms with Gasteiger partial charge in [-0.3, -0.25) is 0 Å². The molecule has 1 aromatic rings. The molecule has 0 atom stereocenters. The highest BCUT2D eigenvalue weighted by atomic mass is 14.9. The van der Waals surface area contributed by atoms with Crippen LogP contribution in [0, 0.1) is 6.92 Å². The maximum atomic E-state index is 4.27. The van der Waals surface area contributed by atoms with E-state index in [-0.39, 0.29) is 0 Å². The van der Waals surface area contributed by atoms with Crippen LogP contribution in [0.2, 0.25) is 0 Å². The lowest BCUT2D eigenvalue weighted by atomic mass is 9.69. The van der Waals surface area contributed by atoms with E-state index in [4.69, 9.17) is 0 Å². The van der Waals surface area contributed by atoms with Gasteiger partial charge in [0.2, 0.25) is 0 Å². The molecular formula is C24H33N. The van der Waals surface area contributed by atoms with Gasteiger partial charge in [-0.05, 0) is 105 Å². The van der Waals surface area contributed by atoms with Crippen LogP contribution in [0.5, 0.6) is 0 Å². The third-order valence-electron chi connectivity index (χ3n) is 7.28. The maximum Gasteiger partial charge on any atom is 0.0389 e. The molecule has 0 saturated heterocycles. The first kappa shape index (κ1) is 16.9. The Morgan fingerprint density at radius 3 is 2.24 bits per heavy atom. The molecule has 0 unspecified atom stereocenters. The molecule has 0 aromatic heterocycles. The van der Waals surface area contributed by atoms with Gasteiger partial charge in [0.05, 0.1) is 0 Å². The molecular weight excluding hydrogens is 302 g/mol. The summed E-state index contributed by atoms with van der Waals surface area (Å²) in [6.07, 6.45) is 11.3. The third kappa shape index (κ3) is 2.67. The topological polar surface area (TPSA) is 12.0 Å². The number of rotatable bonds is 3. The summed E-state index contributed by atoms with van der Waals surface area (Å²) in [4.78, 5) is 0. The number of benzene rings is 1. The number of anilines is 1. The monoisotopic (exact) mass is 335 g/mol. The predicted octanol–water partition coefficient (Wildman–Crippen LogP) is 6.91. The van der Waals surface area contributed by atoms with Gasteiger partial charge in [0.25, 0.3) is 0 Å². The van der Waals surface area contributed by atoms with Crippen molar-refractivity contribution in [2.24, 2.45) is 0 Å². The third-order valence-corrected chi connectivity index (χ3v) is 7.28. The number of allylic oxidation sites excluding steroid dienone is 2. The largest absolute Gasteiger partial charge is 0.356 e. The molecule has 1 heteroatoms. The van der Waals surface area contributed by atoms with E-state index >= 15 is 0 Å². The Morgan fingerprint density at radius 2 is 1.64 bits per heavy atom. The SMILES string of the molecule is C=C(Nc1cc(C)c2c(c1)C1(CCCCC1)CC21CC1)C(C)=C(C)C. The zero-order valence-electron chi connectivity index (χ0n) is 16.5. The first-order chi connectivity index (χ1) is 11.9. The van der Waals surface area contributed by atoms with Crippen LogP contribution in [0.15, 0.2) is 35.6 Å². The van der Waals surface area contributed by atoms with E-state index in [1.807, 2.05) is 0 Å². The summed E-state index contributed by atoms with van der Waals surface area (Å²) in [7, 11) is 0. The fourth-order valence-corrected chi connectivity index (χ4v) is 5.63. The van der Waals surface area contributed by atoms with Gasteiger partial charge in [-0.25, -0.2) is 0 Å². The highest BCUT2D eigenvalue weighted by Crippen LogP contribution is 2.66. The second-order valence-electron chi connectivity index (χ2n) is 9.24. The van der Waals surface area contributed by atoms with Crippen molar-refractivity contribution in [2.45, 2.75) is 89.9 Å². The van der Waals surface area contributed by atoms with E-state index in [0.717, 1.165) is 5.70 Å². The first-order valence-corrected chi connectivity index (χ1v) is 10.1. The van der Waals surface area contributed by atoms with Crippen LogP contribution >= 0.6 is 0 Å². The first-order valence-electron chi connectivity index (χ1n) is 10.1. The zero-order chi connectivity index (χ0) is 17.8. The average Bonchev–Trinajstić information content (AvgIpc) is 3.28. The summed E-state index contributed by atoms with van der Waals surface area (Å²) in [5, 5.41) is 3.61. The fourth-order valence-electron chi connectivity index (χ4n) is 5.63. The molecule has 3 aliphatic rings. The Hall–Kier alpha value is -1.50. The van der Waals surface area contributed by atoms with Crippen molar-refractivity contribution in [2.75, 3.05) is 5.32 Å². The number of hydrogen-bond acceptors (Lipinski definition) is 1. The van der Waals surface area contributed by atoms with Crippen LogP contribution in [-0.2, 0) is 10.8 Å². The summed E-state index contributed by atoms with van der Waals surface area (Å²) in [6, 6.07) is 4.86. The lowest BCUT2D eigenvalue weighted by Crippen LogP contribution is -2.27. The zero-order valence-corrected chi connectivity index (χ0v) is 16.5. The van der Waals surface area contributed by atoms with Crippen molar-refractivity contribution in [1.82, 2.24) is 0 Å². The van der Waals surface area contributed by atoms with Crippen LogP contribution in [0.25, 0.3) is 0 Å². The average molecular weight is 336 g/mol. The number of hydrogen-bond donors (Lipinski definition) is 1. The lowest BCUT2D eigenvalue weighted by molar-refractivity contribution is 0.275. The molecule has 1 N–H and O–H groups in total. The second-order valence-corrected chi connectivity index (χ2v) is 9.24. The van der Waals surface area contributed by atoms with Crippen LogP contribution in [-0.4, -0.2) is 0 Å². The molecule has 2 fully saturated rings. The van der Waals surface area contributed by atoms with Gasteiger partial charge in [0.1, 0.15) is 0 Å². The van der Waals surface area contributed by atoms with Crippen molar-refractivity contribution in [3.63, 3.8) is 0 Å². The Balaban J connectivity index is 1.74. The molecule has 2 spiro atoms. The molecule has 1 nitrogen and oxygen atoms in total. The fraction of sp³-hybridized carbons (Fsp3) is 0.583. The molecule has 1 aromatic carbocycles. The lowest BCUT2D eigenvalue weighted by Gasteiger charge is -2.35. The van der Waals surface area contributed by atoms with Crippen LogP contribution in [0.1, 0.15) is 88.8 Å². The molecule has 0 amide bonds. The smallest absolute Gasteiger partial charge is 0.0389 e. The van der Waals surface area contributed by atoms with Crippen molar-refractivity contribution in [3.8, 4) is 0 Å². The minimum absolute atomic E-state index is 0.472. The summed E-state index contributed by atoms with van der Waals surface area (Å²) in [6.45, 7) is 13.1. The van der Waals surface area contributed by atoms with E-state index in [1.165, 1.54) is 73.8 Å². The minimum Gasteiger partial charge on any atom is -0.356 e. The Kier molecular flexibility index (Phi) is 3.90. The number of nitrogens with one attached hydrogen (secondary N) is 1. The van der Waals surface area contributed by atoms with Gasteiger partial charge < -0.3 is 5.32 Å². The molecule has 3 aliphatic carbocycles. The van der Waals surface area contributed by atoms with Gasteiger partial charge in [-0.1, -0.05) is 31.4 Å². The van der Waals surface area contributed by atoms with Crippen molar-refractivity contribution >= 4 is 5.69 Å². The quantitative estimate of drug-likeness (QED) is 0.591. The summed E-state index contributed by atoms with van der Waals surface area (Å²) in [5.41, 5.74) is 10.8. The van der Waals surface area contributed by atoms with E-state index < -0.39 is 0 Å². The molecule has 0 radical (unpaired) electrons. The van der Waals surface area contributed by atoms with Crippen LogP contribution < -0.4 is 5.32 Å². The molecule has 0 heterocycles. The van der Waals surface area contributed by atoms with Crippen LogP contribution in [0.4, 0.5) is 5.69 Å². The second kappa shape index (κ2) is 5.76. The molecule has 2 saturated carbocycles. The number of aryl methyl sites for hydroxylation is 1. The normalized spacial score (nSPS) is 21.9. The Morgan fingerprint density at radius 1 is 0.960 bits per heavy atom. The van der Waals surface area contributed by atoms with Crippen molar-refractivity contribution in [1.29, 1.82) is 0 Å². The highest BCUT2D eigenvalue weighted by Gasteiger charge is 2.58.